The van der Waals surface area contributed by atoms with E-state index in [1.54, 1.807) is 18.5 Å². The van der Waals surface area contributed by atoms with Gasteiger partial charge in [-0.05, 0) is 25.0 Å². The van der Waals surface area contributed by atoms with Crippen molar-refractivity contribution in [2.24, 2.45) is 0 Å². The summed E-state index contributed by atoms with van der Waals surface area (Å²) in [6.07, 6.45) is 4.99. The summed E-state index contributed by atoms with van der Waals surface area (Å²) >= 11 is 5.90. The van der Waals surface area contributed by atoms with Gasteiger partial charge in [-0.3, -0.25) is 4.79 Å². The number of benzene rings is 1. The van der Waals surface area contributed by atoms with Crippen LogP contribution in [0.4, 0.5) is 0 Å². The molecule has 0 radical (unpaired) electrons. The van der Waals surface area contributed by atoms with E-state index >= 15 is 0 Å². The van der Waals surface area contributed by atoms with Crippen LogP contribution >= 0.6 is 11.6 Å². The van der Waals surface area contributed by atoms with Crippen LogP contribution in [-0.2, 0) is 0 Å². The molecule has 0 saturated heterocycles. The summed E-state index contributed by atoms with van der Waals surface area (Å²) in [6, 6.07) is 4.01. The number of nitrogens with zero attached hydrogens (tertiary/aromatic N) is 2. The Hall–Kier alpha value is -1.35. The van der Waals surface area contributed by atoms with Crippen molar-refractivity contribution in [3.05, 3.63) is 29.0 Å². The third-order valence-corrected chi connectivity index (χ3v) is 2.95. The molecule has 3 rings (SSSR count). The van der Waals surface area contributed by atoms with Crippen molar-refractivity contribution in [1.82, 2.24) is 9.55 Å². The summed E-state index contributed by atoms with van der Waals surface area (Å²) in [5.74, 6) is 0. The molecule has 4 heteroatoms. The zero-order valence-corrected chi connectivity index (χ0v) is 8.74. The molecule has 1 aliphatic carbocycles. The van der Waals surface area contributed by atoms with Crippen LogP contribution in [0.1, 0.15) is 29.2 Å². The first-order valence-electron chi connectivity index (χ1n) is 4.91. The predicted molar refractivity (Wildman–Crippen MR) is 58.4 cm³/mol. The Morgan fingerprint density at radius 1 is 1.47 bits per heavy atom. The standard InChI is InChI=1S/C11H9ClN2O/c12-8-3-7(5-15)11-10(4-8)13-6-14(11)9-1-2-9/h3-6,9H,1-2H2. The number of aromatic nitrogens is 2. The number of rotatable bonds is 2. The molecule has 0 unspecified atom stereocenters. The van der Waals surface area contributed by atoms with E-state index in [0.29, 0.717) is 16.6 Å². The van der Waals surface area contributed by atoms with Gasteiger partial charge in [0.05, 0.1) is 17.4 Å². The molecule has 2 aromatic rings. The Bertz CT molecular complexity index is 543. The molecule has 1 aromatic carbocycles. The zero-order chi connectivity index (χ0) is 10.4. The second kappa shape index (κ2) is 3.07. The average molecular weight is 221 g/mol. The molecule has 0 spiro atoms. The summed E-state index contributed by atoms with van der Waals surface area (Å²) in [5.41, 5.74) is 2.34. The van der Waals surface area contributed by atoms with Crippen molar-refractivity contribution in [3.8, 4) is 0 Å². The number of halogens is 1. The number of carbonyl (C=O) groups excluding carboxylic acids is 1. The maximum atomic E-state index is 11.0. The first-order valence-corrected chi connectivity index (χ1v) is 5.28. The van der Waals surface area contributed by atoms with Gasteiger partial charge in [-0.2, -0.15) is 0 Å². The number of fused-ring (bicyclic) bond motifs is 1. The topological polar surface area (TPSA) is 34.9 Å². The van der Waals surface area contributed by atoms with E-state index in [1.165, 1.54) is 12.8 Å². The minimum Gasteiger partial charge on any atom is -0.327 e. The van der Waals surface area contributed by atoms with Crippen molar-refractivity contribution in [1.29, 1.82) is 0 Å². The molecule has 0 N–H and O–H groups in total. The molecular weight excluding hydrogens is 212 g/mol. The lowest BCUT2D eigenvalue weighted by Crippen LogP contribution is -1.94. The fraction of sp³-hybridized carbons (Fsp3) is 0.273. The number of aldehydes is 1. The normalized spacial score (nSPS) is 15.8. The molecule has 1 heterocycles. The molecule has 15 heavy (non-hydrogen) atoms. The second-order valence-corrected chi connectivity index (χ2v) is 4.30. The Morgan fingerprint density at radius 2 is 2.27 bits per heavy atom. The van der Waals surface area contributed by atoms with Crippen molar-refractivity contribution < 1.29 is 4.79 Å². The van der Waals surface area contributed by atoms with Gasteiger partial charge in [0.2, 0.25) is 0 Å². The van der Waals surface area contributed by atoms with Gasteiger partial charge < -0.3 is 4.57 Å². The molecular formula is C11H9ClN2O. The number of hydrogen-bond donors (Lipinski definition) is 0. The molecule has 1 aliphatic rings. The van der Waals surface area contributed by atoms with E-state index in [1.807, 2.05) is 0 Å². The van der Waals surface area contributed by atoms with Gasteiger partial charge in [0.15, 0.2) is 6.29 Å². The van der Waals surface area contributed by atoms with Gasteiger partial charge >= 0.3 is 0 Å². The Balaban J connectivity index is 2.35. The van der Waals surface area contributed by atoms with Crippen LogP contribution in [0.5, 0.6) is 0 Å². The van der Waals surface area contributed by atoms with Crippen molar-refractivity contribution >= 4 is 28.9 Å². The maximum Gasteiger partial charge on any atom is 0.152 e. The lowest BCUT2D eigenvalue weighted by atomic mass is 10.2. The van der Waals surface area contributed by atoms with E-state index in [-0.39, 0.29) is 0 Å². The van der Waals surface area contributed by atoms with Crippen molar-refractivity contribution in [3.63, 3.8) is 0 Å². The van der Waals surface area contributed by atoms with E-state index in [2.05, 4.69) is 9.55 Å². The summed E-state index contributed by atoms with van der Waals surface area (Å²) in [6.45, 7) is 0. The average Bonchev–Trinajstić information content (AvgIpc) is 2.98. The third-order valence-electron chi connectivity index (χ3n) is 2.73. The molecule has 0 aliphatic heterocycles. The summed E-state index contributed by atoms with van der Waals surface area (Å²) in [5, 5.41) is 0.561. The Morgan fingerprint density at radius 3 is 2.93 bits per heavy atom. The monoisotopic (exact) mass is 220 g/mol. The SMILES string of the molecule is O=Cc1cc(Cl)cc2ncn(C3CC3)c12. The second-order valence-electron chi connectivity index (χ2n) is 3.86. The Kier molecular flexibility index (Phi) is 1.83. The van der Waals surface area contributed by atoms with Gasteiger partial charge in [-0.15, -0.1) is 0 Å². The quantitative estimate of drug-likeness (QED) is 0.730. The van der Waals surface area contributed by atoms with Crippen LogP contribution in [0.3, 0.4) is 0 Å². The molecule has 0 amide bonds. The highest BCUT2D eigenvalue weighted by molar-refractivity contribution is 6.31. The van der Waals surface area contributed by atoms with Crippen molar-refractivity contribution in [2.45, 2.75) is 18.9 Å². The largest absolute Gasteiger partial charge is 0.327 e. The fourth-order valence-corrected chi connectivity index (χ4v) is 2.11. The highest BCUT2D eigenvalue weighted by Gasteiger charge is 2.26. The minimum atomic E-state index is 0.523. The van der Waals surface area contributed by atoms with E-state index in [0.717, 1.165) is 17.3 Å². The molecule has 1 saturated carbocycles. The maximum absolute atomic E-state index is 11.0. The van der Waals surface area contributed by atoms with Gasteiger partial charge in [0.1, 0.15) is 0 Å². The van der Waals surface area contributed by atoms with Gasteiger partial charge in [-0.1, -0.05) is 11.6 Å². The Labute approximate surface area is 91.7 Å². The first-order chi connectivity index (χ1) is 7.29. The lowest BCUT2D eigenvalue weighted by molar-refractivity contribution is 0.112. The van der Waals surface area contributed by atoms with Crippen LogP contribution in [0, 0.1) is 0 Å². The smallest absolute Gasteiger partial charge is 0.152 e. The summed E-state index contributed by atoms with van der Waals surface area (Å²) in [4.78, 5) is 15.2. The van der Waals surface area contributed by atoms with Crippen LogP contribution in [-0.4, -0.2) is 15.8 Å². The zero-order valence-electron chi connectivity index (χ0n) is 7.98. The molecule has 0 bridgehead atoms. The van der Waals surface area contributed by atoms with Crippen LogP contribution in [0.25, 0.3) is 11.0 Å². The number of hydrogen-bond acceptors (Lipinski definition) is 2. The predicted octanol–water partition coefficient (Wildman–Crippen LogP) is 2.84. The fourth-order valence-electron chi connectivity index (χ4n) is 1.89. The molecule has 1 aromatic heterocycles. The van der Waals surface area contributed by atoms with Crippen LogP contribution in [0.15, 0.2) is 18.5 Å². The summed E-state index contributed by atoms with van der Waals surface area (Å²) < 4.78 is 2.08. The highest BCUT2D eigenvalue weighted by atomic mass is 35.5. The highest BCUT2D eigenvalue weighted by Crippen LogP contribution is 2.38. The van der Waals surface area contributed by atoms with Gasteiger partial charge in [-0.25, -0.2) is 4.98 Å². The number of imidazole rings is 1. The van der Waals surface area contributed by atoms with E-state index in [9.17, 15) is 4.79 Å². The summed E-state index contributed by atoms with van der Waals surface area (Å²) in [7, 11) is 0. The van der Waals surface area contributed by atoms with E-state index < -0.39 is 0 Å². The van der Waals surface area contributed by atoms with Crippen molar-refractivity contribution in [2.75, 3.05) is 0 Å². The van der Waals surface area contributed by atoms with E-state index in [4.69, 9.17) is 11.6 Å². The van der Waals surface area contributed by atoms with Crippen LogP contribution < -0.4 is 0 Å². The first kappa shape index (κ1) is 8.92. The molecule has 0 atom stereocenters. The minimum absolute atomic E-state index is 0.523. The van der Waals surface area contributed by atoms with Gasteiger partial charge in [0, 0.05) is 16.6 Å². The molecule has 3 nitrogen and oxygen atoms in total. The number of carbonyl (C=O) groups is 1. The van der Waals surface area contributed by atoms with Crippen LogP contribution in [0.2, 0.25) is 5.02 Å². The van der Waals surface area contributed by atoms with Gasteiger partial charge in [0.25, 0.3) is 0 Å². The third kappa shape index (κ3) is 1.35. The molecule has 76 valence electrons. The molecule has 1 fully saturated rings. The lowest BCUT2D eigenvalue weighted by Gasteiger charge is -2.03.